The molecule has 0 spiro atoms. The molecule has 0 aliphatic carbocycles. The van der Waals surface area contributed by atoms with Crippen LogP contribution in [0, 0.1) is 11.8 Å². The number of rotatable bonds is 4. The van der Waals surface area contributed by atoms with Crippen LogP contribution < -0.4 is 5.32 Å². The van der Waals surface area contributed by atoms with Crippen molar-refractivity contribution >= 4 is 0 Å². The van der Waals surface area contributed by atoms with Crippen molar-refractivity contribution < 1.29 is 4.39 Å². The minimum Gasteiger partial charge on any atom is -0.303 e. The summed E-state index contributed by atoms with van der Waals surface area (Å²) in [5.74, 6) is 6.18. The van der Waals surface area contributed by atoms with Gasteiger partial charge in [0.25, 0.3) is 0 Å². The van der Waals surface area contributed by atoms with Crippen LogP contribution in [0.2, 0.25) is 0 Å². The quantitative estimate of drug-likeness (QED) is 0.693. The highest BCUT2D eigenvalue weighted by molar-refractivity contribution is 5.43. The summed E-state index contributed by atoms with van der Waals surface area (Å²) >= 11 is 0. The Hall–Kier alpha value is -2.89. The van der Waals surface area contributed by atoms with E-state index in [2.05, 4.69) is 17.2 Å². The van der Waals surface area contributed by atoms with Gasteiger partial charge in [0.2, 0.25) is 0 Å². The molecule has 3 aromatic carbocycles. The first-order chi connectivity index (χ1) is 12.2. The van der Waals surface area contributed by atoms with E-state index in [1.54, 1.807) is 7.05 Å². The third kappa shape index (κ3) is 3.63. The summed E-state index contributed by atoms with van der Waals surface area (Å²) in [5, 5.41) is 3.06. The van der Waals surface area contributed by atoms with Gasteiger partial charge >= 0.3 is 0 Å². The zero-order valence-electron chi connectivity index (χ0n) is 14.1. The van der Waals surface area contributed by atoms with E-state index in [9.17, 15) is 0 Å². The topological polar surface area (TPSA) is 12.0 Å². The third-order valence-corrected chi connectivity index (χ3v) is 4.21. The molecule has 1 nitrogen and oxygen atoms in total. The van der Waals surface area contributed by atoms with Crippen LogP contribution >= 0.6 is 0 Å². The first kappa shape index (κ1) is 17.0. The Labute approximate surface area is 148 Å². The molecule has 0 aromatic heterocycles. The predicted octanol–water partition coefficient (Wildman–Crippen LogP) is 4.54. The van der Waals surface area contributed by atoms with Crippen LogP contribution in [0.25, 0.3) is 0 Å². The molecule has 0 amide bonds. The first-order valence-corrected chi connectivity index (χ1v) is 8.29. The molecule has 3 aromatic rings. The highest BCUT2D eigenvalue weighted by atomic mass is 19.1. The van der Waals surface area contributed by atoms with Crippen molar-refractivity contribution in [2.45, 2.75) is 11.7 Å². The molecule has 1 unspecified atom stereocenters. The van der Waals surface area contributed by atoms with Gasteiger partial charge in [-0.05, 0) is 30.3 Å². The minimum absolute atomic E-state index is 0.586. The van der Waals surface area contributed by atoms with Crippen molar-refractivity contribution in [3.8, 4) is 11.8 Å². The van der Waals surface area contributed by atoms with Crippen LogP contribution in [0.3, 0.4) is 0 Å². The number of alkyl halides is 1. The van der Waals surface area contributed by atoms with Gasteiger partial charge in [-0.25, -0.2) is 4.39 Å². The maximum atomic E-state index is 16.5. The Morgan fingerprint density at radius 1 is 0.760 bits per heavy atom. The highest BCUT2D eigenvalue weighted by Crippen LogP contribution is 2.37. The Morgan fingerprint density at radius 2 is 1.20 bits per heavy atom. The van der Waals surface area contributed by atoms with Gasteiger partial charge in [0.1, 0.15) is 6.04 Å². The average molecular weight is 329 g/mol. The van der Waals surface area contributed by atoms with Crippen molar-refractivity contribution in [1.82, 2.24) is 5.32 Å². The second-order valence-electron chi connectivity index (χ2n) is 5.80. The molecule has 0 saturated heterocycles. The fourth-order valence-corrected chi connectivity index (χ4v) is 2.91. The standard InChI is InChI=1S/C23H20FN/c1-25-22(18-17-19-11-5-2-6-12-19)23(24,20-13-7-3-8-14-20)21-15-9-4-10-16-21/h2-16,22,25H,1H3. The maximum Gasteiger partial charge on any atom is 0.187 e. The molecule has 0 radical (unpaired) electrons. The van der Waals surface area contributed by atoms with E-state index in [0.717, 1.165) is 5.56 Å². The van der Waals surface area contributed by atoms with Crippen LogP contribution in [0.5, 0.6) is 0 Å². The van der Waals surface area contributed by atoms with Gasteiger partial charge in [-0.3, -0.25) is 0 Å². The summed E-state index contributed by atoms with van der Waals surface area (Å²) in [6.45, 7) is 0. The Morgan fingerprint density at radius 3 is 1.64 bits per heavy atom. The molecule has 0 fully saturated rings. The van der Waals surface area contributed by atoms with Crippen LogP contribution in [0.15, 0.2) is 91.0 Å². The number of halogens is 1. The molecule has 0 aliphatic rings. The molecule has 0 bridgehead atoms. The fraction of sp³-hybridized carbons (Fsp3) is 0.130. The second kappa shape index (κ2) is 7.79. The molecular formula is C23H20FN. The van der Waals surface area contributed by atoms with E-state index in [1.807, 2.05) is 91.0 Å². The third-order valence-electron chi connectivity index (χ3n) is 4.21. The molecule has 2 heteroatoms. The van der Waals surface area contributed by atoms with Crippen LogP contribution in [-0.2, 0) is 5.67 Å². The molecular weight excluding hydrogens is 309 g/mol. The predicted molar refractivity (Wildman–Crippen MR) is 101 cm³/mol. The lowest BCUT2D eigenvalue weighted by molar-refractivity contribution is 0.187. The lowest BCUT2D eigenvalue weighted by Crippen LogP contribution is -2.44. The lowest BCUT2D eigenvalue weighted by atomic mass is 9.82. The van der Waals surface area contributed by atoms with Gasteiger partial charge in [-0.1, -0.05) is 90.7 Å². The number of hydrogen-bond donors (Lipinski definition) is 1. The van der Waals surface area contributed by atoms with Crippen molar-refractivity contribution in [2.24, 2.45) is 0 Å². The Balaban J connectivity index is 2.09. The van der Waals surface area contributed by atoms with Gasteiger partial charge in [0.15, 0.2) is 5.67 Å². The Bertz CT molecular complexity index is 809. The number of likely N-dealkylation sites (N-methyl/N-ethyl adjacent to an activating group) is 1. The molecule has 25 heavy (non-hydrogen) atoms. The van der Waals surface area contributed by atoms with E-state index in [-0.39, 0.29) is 0 Å². The average Bonchev–Trinajstić information content (AvgIpc) is 2.70. The highest BCUT2D eigenvalue weighted by Gasteiger charge is 2.41. The van der Waals surface area contributed by atoms with Gasteiger partial charge < -0.3 is 5.32 Å². The van der Waals surface area contributed by atoms with E-state index >= 15 is 4.39 Å². The smallest absolute Gasteiger partial charge is 0.187 e. The molecule has 0 heterocycles. The normalized spacial score (nSPS) is 12.1. The van der Waals surface area contributed by atoms with E-state index in [4.69, 9.17) is 0 Å². The summed E-state index contributed by atoms with van der Waals surface area (Å²) < 4.78 is 16.5. The van der Waals surface area contributed by atoms with Crippen molar-refractivity contribution in [1.29, 1.82) is 0 Å². The number of hydrogen-bond acceptors (Lipinski definition) is 1. The van der Waals surface area contributed by atoms with Crippen LogP contribution in [-0.4, -0.2) is 13.1 Å². The van der Waals surface area contributed by atoms with Crippen LogP contribution in [0.1, 0.15) is 16.7 Å². The summed E-state index contributed by atoms with van der Waals surface area (Å²) in [6.07, 6.45) is 0. The van der Waals surface area contributed by atoms with Gasteiger partial charge in [-0.2, -0.15) is 0 Å². The minimum atomic E-state index is -1.75. The zero-order chi connectivity index (χ0) is 17.5. The molecule has 0 aliphatic heterocycles. The summed E-state index contributed by atoms with van der Waals surface area (Å²) in [6, 6.07) is 27.4. The van der Waals surface area contributed by atoms with Gasteiger partial charge in [0, 0.05) is 5.56 Å². The summed E-state index contributed by atoms with van der Waals surface area (Å²) in [7, 11) is 1.74. The molecule has 124 valence electrons. The SMILES string of the molecule is CNC(C#Cc1ccccc1)C(F)(c1ccccc1)c1ccccc1. The van der Waals surface area contributed by atoms with E-state index in [0.29, 0.717) is 11.1 Å². The summed E-state index contributed by atoms with van der Waals surface area (Å²) in [5.41, 5.74) is 0.288. The fourth-order valence-electron chi connectivity index (χ4n) is 2.91. The van der Waals surface area contributed by atoms with Gasteiger partial charge in [-0.15, -0.1) is 0 Å². The van der Waals surface area contributed by atoms with Crippen LogP contribution in [0.4, 0.5) is 4.39 Å². The van der Waals surface area contributed by atoms with Crippen molar-refractivity contribution in [3.63, 3.8) is 0 Å². The second-order valence-corrected chi connectivity index (χ2v) is 5.80. The summed E-state index contributed by atoms with van der Waals surface area (Å²) in [4.78, 5) is 0. The number of benzene rings is 3. The molecule has 3 rings (SSSR count). The molecule has 1 N–H and O–H groups in total. The lowest BCUT2D eigenvalue weighted by Gasteiger charge is -2.31. The largest absolute Gasteiger partial charge is 0.303 e. The van der Waals surface area contributed by atoms with Crippen molar-refractivity contribution in [2.75, 3.05) is 7.05 Å². The van der Waals surface area contributed by atoms with Crippen molar-refractivity contribution in [3.05, 3.63) is 108 Å². The van der Waals surface area contributed by atoms with E-state index in [1.165, 1.54) is 0 Å². The molecule has 0 saturated carbocycles. The zero-order valence-corrected chi connectivity index (χ0v) is 14.1. The Kier molecular flexibility index (Phi) is 5.28. The first-order valence-electron chi connectivity index (χ1n) is 8.29. The molecule has 1 atom stereocenters. The maximum absolute atomic E-state index is 16.5. The number of nitrogens with one attached hydrogen (secondary N) is 1. The van der Waals surface area contributed by atoms with E-state index < -0.39 is 11.7 Å². The van der Waals surface area contributed by atoms with Gasteiger partial charge in [0.05, 0.1) is 0 Å². The monoisotopic (exact) mass is 329 g/mol.